The average Bonchev–Trinajstić information content (AvgIpc) is 3.28. The highest BCUT2D eigenvalue weighted by Gasteiger charge is 2.16. The lowest BCUT2D eigenvalue weighted by Gasteiger charge is -2.26. The molecule has 1 heteroatoms. The van der Waals surface area contributed by atoms with Crippen LogP contribution in [0.3, 0.4) is 0 Å². The zero-order valence-corrected chi connectivity index (χ0v) is 27.5. The Balaban J connectivity index is 1.30. The predicted molar refractivity (Wildman–Crippen MR) is 218 cm³/mol. The molecule has 51 heavy (non-hydrogen) atoms. The minimum Gasteiger partial charge on any atom is -0.311 e. The second kappa shape index (κ2) is 13.3. The van der Waals surface area contributed by atoms with Crippen molar-refractivity contribution in [3.8, 4) is 44.5 Å². The van der Waals surface area contributed by atoms with Crippen molar-refractivity contribution in [3.63, 3.8) is 0 Å². The van der Waals surface area contributed by atoms with E-state index in [0.29, 0.717) is 16.8 Å². The van der Waals surface area contributed by atoms with E-state index in [0.717, 1.165) is 43.8 Å². The van der Waals surface area contributed by atoms with Gasteiger partial charge < -0.3 is 4.90 Å². The standard InChI is InChI=1S/C50H35N/c1-3-11-36(12-4-1)38-21-28-45(29-22-38)51(46-30-23-39(24-31-46)44-20-19-37-13-7-8-17-43(37)35-44)47-32-25-42(26-33-47)50-48-18-10-9-16-41(48)27-34-49(50)40-14-5-2-6-15-40/h1-35H/i21D,22D,25D,26D,28D,29D,32D,33D. The second-order valence-corrected chi connectivity index (χ2v) is 12.3. The molecule has 0 aliphatic carbocycles. The van der Waals surface area contributed by atoms with Crippen LogP contribution in [-0.2, 0) is 0 Å². The largest absolute Gasteiger partial charge is 0.311 e. The van der Waals surface area contributed by atoms with E-state index in [2.05, 4.69) is 12.1 Å². The van der Waals surface area contributed by atoms with E-state index in [-0.39, 0.29) is 58.8 Å². The van der Waals surface area contributed by atoms with Gasteiger partial charge in [-0.05, 0) is 108 Å². The highest BCUT2D eigenvalue weighted by Crippen LogP contribution is 2.41. The van der Waals surface area contributed by atoms with Crippen LogP contribution >= 0.6 is 0 Å². The molecule has 0 spiro atoms. The summed E-state index contributed by atoms with van der Waals surface area (Å²) < 4.78 is 75.7. The number of benzene rings is 9. The Morgan fingerprint density at radius 2 is 0.824 bits per heavy atom. The molecule has 0 heterocycles. The lowest BCUT2D eigenvalue weighted by Crippen LogP contribution is -2.09. The summed E-state index contributed by atoms with van der Waals surface area (Å²) in [6, 6.07) is 48.8. The van der Waals surface area contributed by atoms with Crippen LogP contribution in [0.5, 0.6) is 0 Å². The van der Waals surface area contributed by atoms with Crippen LogP contribution in [-0.4, -0.2) is 0 Å². The quantitative estimate of drug-likeness (QED) is 0.165. The van der Waals surface area contributed by atoms with Crippen LogP contribution in [0.4, 0.5) is 17.1 Å². The van der Waals surface area contributed by atoms with Gasteiger partial charge in [-0.15, -0.1) is 0 Å². The van der Waals surface area contributed by atoms with Crippen molar-refractivity contribution in [1.82, 2.24) is 0 Å². The molecule has 0 saturated carbocycles. The first kappa shape index (κ1) is 22.8. The van der Waals surface area contributed by atoms with Gasteiger partial charge in [-0.1, -0.05) is 170 Å². The molecule has 0 saturated heterocycles. The fourth-order valence-electron chi connectivity index (χ4n) is 6.65. The van der Waals surface area contributed by atoms with Crippen LogP contribution in [0.2, 0.25) is 0 Å². The lowest BCUT2D eigenvalue weighted by atomic mass is 9.89. The summed E-state index contributed by atoms with van der Waals surface area (Å²) >= 11 is 0. The van der Waals surface area contributed by atoms with Crippen molar-refractivity contribution in [3.05, 3.63) is 212 Å². The maximum absolute atomic E-state index is 9.67. The number of fused-ring (bicyclic) bond motifs is 2. The third-order valence-corrected chi connectivity index (χ3v) is 9.21. The van der Waals surface area contributed by atoms with Gasteiger partial charge in [-0.2, -0.15) is 0 Å². The third-order valence-electron chi connectivity index (χ3n) is 9.21. The van der Waals surface area contributed by atoms with Gasteiger partial charge in [0, 0.05) is 17.1 Å². The highest BCUT2D eigenvalue weighted by atomic mass is 15.1. The average molecular weight is 658 g/mol. The van der Waals surface area contributed by atoms with Crippen LogP contribution < -0.4 is 4.90 Å². The van der Waals surface area contributed by atoms with Gasteiger partial charge in [0.05, 0.1) is 11.0 Å². The summed E-state index contributed by atoms with van der Waals surface area (Å²) in [5.74, 6) is 0. The summed E-state index contributed by atoms with van der Waals surface area (Å²) in [7, 11) is 0. The number of hydrogen-bond acceptors (Lipinski definition) is 1. The van der Waals surface area contributed by atoms with Crippen molar-refractivity contribution in [1.29, 1.82) is 0 Å². The normalized spacial score (nSPS) is 13.3. The van der Waals surface area contributed by atoms with Crippen LogP contribution in [0.1, 0.15) is 11.0 Å². The number of hydrogen-bond donors (Lipinski definition) is 0. The number of rotatable bonds is 7. The first-order valence-corrected chi connectivity index (χ1v) is 16.9. The van der Waals surface area contributed by atoms with Crippen LogP contribution in [0.15, 0.2) is 212 Å². The molecule has 240 valence electrons. The first-order valence-electron chi connectivity index (χ1n) is 20.9. The molecule has 0 bridgehead atoms. The van der Waals surface area contributed by atoms with Crippen molar-refractivity contribution in [2.45, 2.75) is 0 Å². The summed E-state index contributed by atoms with van der Waals surface area (Å²) in [5.41, 5.74) is 4.68. The zero-order chi connectivity index (χ0) is 40.9. The third kappa shape index (κ3) is 5.96. The molecule has 0 fully saturated rings. The Labute approximate surface area is 310 Å². The molecule has 0 N–H and O–H groups in total. The lowest BCUT2D eigenvalue weighted by molar-refractivity contribution is 1.28. The van der Waals surface area contributed by atoms with Crippen LogP contribution in [0, 0.1) is 0 Å². The van der Waals surface area contributed by atoms with E-state index in [9.17, 15) is 11.0 Å². The molecule has 0 amide bonds. The monoisotopic (exact) mass is 657 g/mol. The molecule has 9 aromatic rings. The molecule has 0 aliphatic rings. The maximum atomic E-state index is 9.67. The van der Waals surface area contributed by atoms with E-state index >= 15 is 0 Å². The Kier molecular flexibility index (Phi) is 5.96. The summed E-state index contributed by atoms with van der Waals surface area (Å²) in [6.45, 7) is 0. The van der Waals surface area contributed by atoms with Crippen molar-refractivity contribution in [2.24, 2.45) is 0 Å². The fraction of sp³-hybridized carbons (Fsp3) is 0. The number of nitrogens with zero attached hydrogens (tertiary/aromatic N) is 1. The van der Waals surface area contributed by atoms with Gasteiger partial charge in [0.25, 0.3) is 0 Å². The fourth-order valence-corrected chi connectivity index (χ4v) is 6.65. The van der Waals surface area contributed by atoms with Gasteiger partial charge in [-0.3, -0.25) is 0 Å². The Morgan fingerprint density at radius 3 is 1.51 bits per heavy atom. The molecule has 1 nitrogen and oxygen atoms in total. The van der Waals surface area contributed by atoms with Crippen molar-refractivity contribution < 1.29 is 11.0 Å². The van der Waals surface area contributed by atoms with E-state index in [1.54, 1.807) is 36.4 Å². The molecule has 9 rings (SSSR count). The minimum absolute atomic E-state index is 0.116. The topological polar surface area (TPSA) is 3.24 Å². The zero-order valence-electron chi connectivity index (χ0n) is 35.5. The van der Waals surface area contributed by atoms with Gasteiger partial charge in [-0.25, -0.2) is 0 Å². The molecule has 0 aliphatic heterocycles. The van der Waals surface area contributed by atoms with Gasteiger partial charge >= 0.3 is 0 Å². The molecule has 0 aromatic heterocycles. The molecule has 0 atom stereocenters. The van der Waals surface area contributed by atoms with E-state index in [1.807, 2.05) is 115 Å². The maximum Gasteiger partial charge on any atom is 0.0645 e. The molecular formula is C50H35N. The number of anilines is 3. The SMILES string of the molecule is [2H]c1c([2H])c(N(c2ccc(-c3ccc4ccccc4c3)cc2)c2c([2H])c([2H])c(-c3c(-c4ccccc4)ccc4ccccc34)c([2H])c2[2H])c([2H])c([2H])c1-c1ccccc1. The first-order chi connectivity index (χ1) is 28.6. The predicted octanol–water partition coefficient (Wildman–Crippen LogP) is 14.1. The molecule has 0 radical (unpaired) electrons. The highest BCUT2D eigenvalue weighted by molar-refractivity contribution is 6.04. The van der Waals surface area contributed by atoms with E-state index < -0.39 is 12.1 Å². The van der Waals surface area contributed by atoms with Gasteiger partial charge in [0.15, 0.2) is 0 Å². The van der Waals surface area contributed by atoms with Gasteiger partial charge in [0.2, 0.25) is 0 Å². The second-order valence-electron chi connectivity index (χ2n) is 12.3. The van der Waals surface area contributed by atoms with E-state index in [4.69, 9.17) is 0 Å². The van der Waals surface area contributed by atoms with Crippen molar-refractivity contribution in [2.75, 3.05) is 4.90 Å². The molecular weight excluding hydrogens is 615 g/mol. The minimum atomic E-state index is -0.393. The van der Waals surface area contributed by atoms with Gasteiger partial charge in [0.1, 0.15) is 0 Å². The summed E-state index contributed by atoms with van der Waals surface area (Å²) in [5, 5.41) is 3.81. The van der Waals surface area contributed by atoms with Crippen LogP contribution in [0.25, 0.3) is 66.1 Å². The molecule has 9 aromatic carbocycles. The Hall–Kier alpha value is -6.70. The molecule has 0 unspecified atom stereocenters. The summed E-state index contributed by atoms with van der Waals surface area (Å²) in [4.78, 5) is 1.35. The smallest absolute Gasteiger partial charge is 0.0645 e. The van der Waals surface area contributed by atoms with E-state index in [1.165, 1.54) is 4.90 Å². The Bertz CT molecular complexity index is 3020. The summed E-state index contributed by atoms with van der Waals surface area (Å²) in [6.07, 6.45) is 0. The van der Waals surface area contributed by atoms with Crippen molar-refractivity contribution >= 4 is 38.6 Å². The Morgan fingerprint density at radius 1 is 0.314 bits per heavy atom.